The fraction of sp³-hybridized carbons (Fsp3) is 0.944. The summed E-state index contributed by atoms with van der Waals surface area (Å²) in [6, 6.07) is 0. The van der Waals surface area contributed by atoms with Gasteiger partial charge in [0.1, 0.15) is 5.60 Å². The van der Waals surface area contributed by atoms with Gasteiger partial charge < -0.3 is 0 Å². The molecule has 0 spiro atoms. The van der Waals surface area contributed by atoms with E-state index in [1.54, 1.807) is 20.8 Å². The highest BCUT2D eigenvalue weighted by atomic mass is 17.2. The van der Waals surface area contributed by atoms with E-state index in [0.29, 0.717) is 0 Å². The zero-order valence-electron chi connectivity index (χ0n) is 17.2. The SMILES string of the molecule is CC(C)(C)OOC(C)(C)C.CCC(C)(C)OOC(=O)C(C)(C)C. The summed E-state index contributed by atoms with van der Waals surface area (Å²) in [7, 11) is 0. The summed E-state index contributed by atoms with van der Waals surface area (Å²) >= 11 is 0. The molecule has 0 aliphatic heterocycles. The van der Waals surface area contributed by atoms with Gasteiger partial charge in [0.15, 0.2) is 0 Å². The predicted octanol–water partition coefficient (Wildman–Crippen LogP) is 5.23. The van der Waals surface area contributed by atoms with Crippen LogP contribution < -0.4 is 0 Å². The first kappa shape index (κ1) is 24.6. The summed E-state index contributed by atoms with van der Waals surface area (Å²) in [6.45, 7) is 22.8. The third-order valence-corrected chi connectivity index (χ3v) is 2.35. The van der Waals surface area contributed by atoms with E-state index in [2.05, 4.69) is 0 Å². The average molecular weight is 334 g/mol. The van der Waals surface area contributed by atoms with Crippen LogP contribution in [0.4, 0.5) is 0 Å². The zero-order valence-corrected chi connectivity index (χ0v) is 17.2. The summed E-state index contributed by atoms with van der Waals surface area (Å²) in [4.78, 5) is 31.2. The first-order valence-electron chi connectivity index (χ1n) is 8.16. The van der Waals surface area contributed by atoms with E-state index < -0.39 is 11.0 Å². The normalized spacial score (nSPS) is 13.2. The summed E-state index contributed by atoms with van der Waals surface area (Å²) in [6.07, 6.45) is 0.796. The van der Waals surface area contributed by atoms with Gasteiger partial charge in [-0.15, -0.1) is 0 Å². The minimum absolute atomic E-state index is 0.215. The van der Waals surface area contributed by atoms with Gasteiger partial charge >= 0.3 is 5.97 Å². The fourth-order valence-electron chi connectivity index (χ4n) is 0.585. The zero-order chi connectivity index (χ0) is 19.1. The van der Waals surface area contributed by atoms with Crippen LogP contribution >= 0.6 is 0 Å². The Balaban J connectivity index is 0. The third kappa shape index (κ3) is 17.5. The Bertz CT molecular complexity index is 326. The molecule has 0 rings (SSSR count). The molecule has 0 saturated heterocycles. The van der Waals surface area contributed by atoms with Gasteiger partial charge in [-0.25, -0.2) is 14.6 Å². The molecule has 5 nitrogen and oxygen atoms in total. The highest BCUT2D eigenvalue weighted by Crippen LogP contribution is 2.19. The largest absolute Gasteiger partial charge is 0.347 e. The molecule has 0 aliphatic rings. The monoisotopic (exact) mass is 334 g/mol. The number of hydrogen-bond acceptors (Lipinski definition) is 5. The van der Waals surface area contributed by atoms with Crippen molar-refractivity contribution in [3.8, 4) is 0 Å². The molecule has 0 aromatic carbocycles. The summed E-state index contributed by atoms with van der Waals surface area (Å²) in [5.74, 6) is -0.339. The maximum absolute atomic E-state index is 11.3. The van der Waals surface area contributed by atoms with Crippen LogP contribution in [0.2, 0.25) is 0 Å². The van der Waals surface area contributed by atoms with E-state index in [9.17, 15) is 4.79 Å². The van der Waals surface area contributed by atoms with E-state index in [0.717, 1.165) is 6.42 Å². The van der Waals surface area contributed by atoms with E-state index in [-0.39, 0.29) is 17.2 Å². The number of rotatable bonds is 4. The Hall–Kier alpha value is -0.650. The Morgan fingerprint density at radius 2 is 1.04 bits per heavy atom. The van der Waals surface area contributed by atoms with Crippen molar-refractivity contribution >= 4 is 5.97 Å². The van der Waals surface area contributed by atoms with Gasteiger partial charge in [0.2, 0.25) is 0 Å². The topological polar surface area (TPSA) is 54.0 Å². The van der Waals surface area contributed by atoms with Crippen LogP contribution in [0, 0.1) is 5.41 Å². The second-order valence-electron chi connectivity index (χ2n) is 9.21. The quantitative estimate of drug-likeness (QED) is 0.520. The third-order valence-electron chi connectivity index (χ3n) is 2.35. The van der Waals surface area contributed by atoms with E-state index in [1.165, 1.54) is 0 Å². The number of carbonyl (C=O) groups is 1. The molecular formula is C18H38O5. The highest BCUT2D eigenvalue weighted by molar-refractivity contribution is 5.74. The summed E-state index contributed by atoms with van der Waals surface area (Å²) in [5, 5.41) is 0. The molecule has 23 heavy (non-hydrogen) atoms. The molecule has 0 saturated carbocycles. The van der Waals surface area contributed by atoms with Crippen molar-refractivity contribution in [3.63, 3.8) is 0 Å². The number of carbonyl (C=O) groups excluding carboxylic acids is 1. The van der Waals surface area contributed by atoms with E-state index in [1.807, 2.05) is 62.3 Å². The van der Waals surface area contributed by atoms with Crippen LogP contribution in [0.15, 0.2) is 0 Å². The Labute approximate surface area is 142 Å². The molecule has 0 heterocycles. The maximum atomic E-state index is 11.3. The summed E-state index contributed by atoms with van der Waals surface area (Å²) < 4.78 is 0. The molecule has 0 aromatic heterocycles. The average Bonchev–Trinajstić information content (AvgIpc) is 2.32. The smallest absolute Gasteiger partial charge is 0.297 e. The Morgan fingerprint density at radius 3 is 1.26 bits per heavy atom. The van der Waals surface area contributed by atoms with Gasteiger partial charge in [0.25, 0.3) is 0 Å². The van der Waals surface area contributed by atoms with Crippen molar-refractivity contribution in [1.82, 2.24) is 0 Å². The Morgan fingerprint density at radius 1 is 0.696 bits per heavy atom. The number of hydrogen-bond donors (Lipinski definition) is 0. The van der Waals surface area contributed by atoms with Crippen LogP contribution in [-0.4, -0.2) is 22.8 Å². The molecule has 0 amide bonds. The Kier molecular flexibility index (Phi) is 9.62. The van der Waals surface area contributed by atoms with Gasteiger partial charge in [0, 0.05) is 0 Å². The minimum Gasteiger partial charge on any atom is -0.297 e. The fourth-order valence-corrected chi connectivity index (χ4v) is 0.585. The molecular weight excluding hydrogens is 296 g/mol. The highest BCUT2D eigenvalue weighted by Gasteiger charge is 2.27. The molecule has 0 N–H and O–H groups in total. The van der Waals surface area contributed by atoms with Crippen molar-refractivity contribution in [2.24, 2.45) is 5.41 Å². The van der Waals surface area contributed by atoms with Gasteiger partial charge in [-0.05, 0) is 82.6 Å². The lowest BCUT2D eigenvalue weighted by Gasteiger charge is -2.24. The van der Waals surface area contributed by atoms with E-state index >= 15 is 0 Å². The summed E-state index contributed by atoms with van der Waals surface area (Å²) in [5.41, 5.74) is -1.34. The molecule has 0 fully saturated rings. The predicted molar refractivity (Wildman–Crippen MR) is 92.7 cm³/mol. The second-order valence-corrected chi connectivity index (χ2v) is 9.21. The van der Waals surface area contributed by atoms with Crippen LogP contribution in [0.1, 0.15) is 89.5 Å². The van der Waals surface area contributed by atoms with Gasteiger partial charge in [0.05, 0.1) is 16.6 Å². The van der Waals surface area contributed by atoms with Gasteiger partial charge in [-0.2, -0.15) is 4.89 Å². The lowest BCUT2D eigenvalue weighted by atomic mass is 9.98. The second kappa shape index (κ2) is 9.00. The van der Waals surface area contributed by atoms with E-state index in [4.69, 9.17) is 19.6 Å². The minimum atomic E-state index is -0.510. The molecule has 0 unspecified atom stereocenters. The molecule has 0 radical (unpaired) electrons. The lowest BCUT2D eigenvalue weighted by Crippen LogP contribution is -2.30. The molecule has 140 valence electrons. The van der Waals surface area contributed by atoms with Crippen LogP contribution in [0.5, 0.6) is 0 Å². The first-order valence-corrected chi connectivity index (χ1v) is 8.16. The van der Waals surface area contributed by atoms with Crippen molar-refractivity contribution in [1.29, 1.82) is 0 Å². The van der Waals surface area contributed by atoms with Gasteiger partial charge in [-0.1, -0.05) is 6.92 Å². The molecule has 0 bridgehead atoms. The first-order chi connectivity index (χ1) is 9.90. The molecule has 0 aromatic rings. The lowest BCUT2D eigenvalue weighted by molar-refractivity contribution is -0.393. The standard InChI is InChI=1S/C10H20O3.C8H18O2/c1-7-10(5,6)13-12-8(11)9(2,3)4;1-7(2,3)9-10-8(4,5)6/h7H2,1-6H3;1-6H3. The van der Waals surface area contributed by atoms with Crippen molar-refractivity contribution in [2.75, 3.05) is 0 Å². The van der Waals surface area contributed by atoms with Crippen LogP contribution in [0.25, 0.3) is 0 Å². The van der Waals surface area contributed by atoms with Crippen LogP contribution in [0.3, 0.4) is 0 Å². The van der Waals surface area contributed by atoms with Crippen molar-refractivity contribution < 1.29 is 24.3 Å². The maximum Gasteiger partial charge on any atom is 0.347 e. The van der Waals surface area contributed by atoms with Crippen LogP contribution in [-0.2, 0) is 24.3 Å². The van der Waals surface area contributed by atoms with Crippen molar-refractivity contribution in [3.05, 3.63) is 0 Å². The van der Waals surface area contributed by atoms with Crippen molar-refractivity contribution in [2.45, 2.75) is 106 Å². The van der Waals surface area contributed by atoms with Gasteiger partial charge in [-0.3, -0.25) is 4.89 Å². The molecule has 0 atom stereocenters. The molecule has 5 heteroatoms. The molecule has 0 aliphatic carbocycles.